The molecule has 118 valence electrons. The van der Waals surface area contributed by atoms with E-state index in [9.17, 15) is 19.7 Å². The zero-order valence-electron chi connectivity index (χ0n) is 11.6. The van der Waals surface area contributed by atoms with Gasteiger partial charge in [-0.1, -0.05) is 17.3 Å². The first-order valence-electron chi connectivity index (χ1n) is 6.86. The molecule has 2 heterocycles. The maximum Gasteiger partial charge on any atom is 0.123 e. The van der Waals surface area contributed by atoms with Crippen molar-refractivity contribution in [1.29, 1.82) is 0 Å². The molecule has 0 unspecified atom stereocenters. The molecular formula is C14H16FN3O4. The van der Waals surface area contributed by atoms with Crippen LogP contribution in [0, 0.1) is 5.82 Å². The average Bonchev–Trinajstić information content (AvgIpc) is 2.97. The van der Waals surface area contributed by atoms with E-state index in [-0.39, 0.29) is 13.2 Å². The summed E-state index contributed by atoms with van der Waals surface area (Å²) >= 11 is 0. The first-order valence-corrected chi connectivity index (χ1v) is 6.86. The Morgan fingerprint density at radius 3 is 2.91 bits per heavy atom. The molecule has 1 aliphatic heterocycles. The van der Waals surface area contributed by atoms with Crippen LogP contribution in [0.1, 0.15) is 6.04 Å². The van der Waals surface area contributed by atoms with Gasteiger partial charge in [0.05, 0.1) is 19.4 Å². The fourth-order valence-corrected chi connectivity index (χ4v) is 2.56. The van der Waals surface area contributed by atoms with Gasteiger partial charge < -0.3 is 20.1 Å². The van der Waals surface area contributed by atoms with Crippen molar-refractivity contribution in [2.75, 3.05) is 13.2 Å². The van der Waals surface area contributed by atoms with Crippen molar-refractivity contribution in [3.8, 4) is 11.3 Å². The molecule has 3 rings (SSSR count). The third-order valence-electron chi connectivity index (χ3n) is 3.72. The molecule has 4 atom stereocenters. The van der Waals surface area contributed by atoms with Crippen molar-refractivity contribution in [2.24, 2.45) is 0 Å². The normalized spacial score (nSPS) is 28.7. The van der Waals surface area contributed by atoms with E-state index in [1.807, 2.05) is 0 Å². The standard InChI is InChI=1S/C14H16FN3O4/c15-9-3-1-2-8(4-9)10-5-18(17-16-10)13-11(20)7-22-12(6-19)14(13)21/h1-5,11-14,19-21H,6-7H2/t11-,12+,13-,14-/m0/s1. The van der Waals surface area contributed by atoms with Gasteiger partial charge in [-0.05, 0) is 12.1 Å². The minimum absolute atomic E-state index is 0.0257. The summed E-state index contributed by atoms with van der Waals surface area (Å²) in [4.78, 5) is 0. The summed E-state index contributed by atoms with van der Waals surface area (Å²) in [7, 11) is 0. The number of aromatic nitrogens is 3. The molecule has 2 aromatic rings. The van der Waals surface area contributed by atoms with Crippen molar-refractivity contribution in [3.63, 3.8) is 0 Å². The highest BCUT2D eigenvalue weighted by Crippen LogP contribution is 2.27. The molecule has 0 radical (unpaired) electrons. The molecule has 0 spiro atoms. The van der Waals surface area contributed by atoms with Gasteiger partial charge in [-0.25, -0.2) is 9.07 Å². The predicted molar refractivity (Wildman–Crippen MR) is 73.3 cm³/mol. The number of aliphatic hydroxyl groups is 3. The molecule has 22 heavy (non-hydrogen) atoms. The Morgan fingerprint density at radius 1 is 1.36 bits per heavy atom. The molecule has 8 heteroatoms. The summed E-state index contributed by atoms with van der Waals surface area (Å²) in [6, 6.07) is 5.10. The van der Waals surface area contributed by atoms with Gasteiger partial charge in [-0.15, -0.1) is 5.10 Å². The summed E-state index contributed by atoms with van der Waals surface area (Å²) in [5, 5.41) is 37.2. The van der Waals surface area contributed by atoms with Gasteiger partial charge in [0.2, 0.25) is 0 Å². The van der Waals surface area contributed by atoms with Crippen molar-refractivity contribution >= 4 is 0 Å². The highest BCUT2D eigenvalue weighted by atomic mass is 19.1. The lowest BCUT2D eigenvalue weighted by Crippen LogP contribution is -2.51. The van der Waals surface area contributed by atoms with Crippen LogP contribution in [0.3, 0.4) is 0 Å². The van der Waals surface area contributed by atoms with E-state index in [0.717, 1.165) is 0 Å². The smallest absolute Gasteiger partial charge is 0.123 e. The van der Waals surface area contributed by atoms with E-state index in [1.165, 1.54) is 23.0 Å². The molecular weight excluding hydrogens is 293 g/mol. The van der Waals surface area contributed by atoms with Crippen LogP contribution in [0.4, 0.5) is 4.39 Å². The second-order valence-corrected chi connectivity index (χ2v) is 5.20. The highest BCUT2D eigenvalue weighted by Gasteiger charge is 2.40. The molecule has 1 aromatic carbocycles. The van der Waals surface area contributed by atoms with E-state index in [2.05, 4.69) is 10.3 Å². The maximum atomic E-state index is 13.3. The fraction of sp³-hybridized carbons (Fsp3) is 0.429. The van der Waals surface area contributed by atoms with Crippen LogP contribution < -0.4 is 0 Å². The minimum atomic E-state index is -1.13. The molecule has 0 bridgehead atoms. The Morgan fingerprint density at radius 2 is 2.18 bits per heavy atom. The number of hydrogen-bond acceptors (Lipinski definition) is 6. The summed E-state index contributed by atoms with van der Waals surface area (Å²) < 4.78 is 19.7. The quantitative estimate of drug-likeness (QED) is 0.722. The van der Waals surface area contributed by atoms with Crippen molar-refractivity contribution in [1.82, 2.24) is 15.0 Å². The van der Waals surface area contributed by atoms with E-state index >= 15 is 0 Å². The SMILES string of the molecule is OC[C@H]1OC[C@H](O)[C@H](n2cc(-c3cccc(F)c3)nn2)[C@H]1O. The first-order chi connectivity index (χ1) is 10.6. The van der Waals surface area contributed by atoms with E-state index in [4.69, 9.17) is 4.74 Å². The number of nitrogens with zero attached hydrogens (tertiary/aromatic N) is 3. The number of rotatable bonds is 3. The van der Waals surface area contributed by atoms with Crippen LogP contribution in [0.25, 0.3) is 11.3 Å². The maximum absolute atomic E-state index is 13.3. The number of aliphatic hydroxyl groups excluding tert-OH is 3. The molecule has 1 saturated heterocycles. The topological polar surface area (TPSA) is 101 Å². The van der Waals surface area contributed by atoms with Crippen LogP contribution in [-0.4, -0.2) is 61.8 Å². The van der Waals surface area contributed by atoms with Crippen LogP contribution in [-0.2, 0) is 4.74 Å². The molecule has 1 aliphatic rings. The summed E-state index contributed by atoms with van der Waals surface area (Å²) in [6.07, 6.45) is -1.39. The Bertz CT molecular complexity index is 651. The molecule has 0 amide bonds. The van der Waals surface area contributed by atoms with Gasteiger partial charge in [-0.2, -0.15) is 0 Å². The van der Waals surface area contributed by atoms with Crippen molar-refractivity contribution in [2.45, 2.75) is 24.4 Å². The van der Waals surface area contributed by atoms with Gasteiger partial charge in [-0.3, -0.25) is 0 Å². The Labute approximate surface area is 125 Å². The Kier molecular flexibility index (Phi) is 4.16. The van der Waals surface area contributed by atoms with Gasteiger partial charge in [0.1, 0.15) is 35.9 Å². The molecule has 7 nitrogen and oxygen atoms in total. The lowest BCUT2D eigenvalue weighted by atomic mass is 9.97. The Hall–Kier alpha value is -1.87. The average molecular weight is 309 g/mol. The lowest BCUT2D eigenvalue weighted by Gasteiger charge is -2.36. The summed E-state index contributed by atoms with van der Waals surface area (Å²) in [6.45, 7) is -0.391. The molecule has 0 saturated carbocycles. The highest BCUT2D eigenvalue weighted by molar-refractivity contribution is 5.57. The van der Waals surface area contributed by atoms with Gasteiger partial charge in [0, 0.05) is 5.56 Å². The van der Waals surface area contributed by atoms with E-state index in [0.29, 0.717) is 11.3 Å². The number of hydrogen-bond donors (Lipinski definition) is 3. The molecule has 1 aromatic heterocycles. The number of ether oxygens (including phenoxy) is 1. The second-order valence-electron chi connectivity index (χ2n) is 5.20. The third kappa shape index (κ3) is 2.73. The van der Waals surface area contributed by atoms with Gasteiger partial charge in [0.15, 0.2) is 0 Å². The van der Waals surface area contributed by atoms with Crippen molar-refractivity contribution < 1.29 is 24.4 Å². The summed E-state index contributed by atoms with van der Waals surface area (Å²) in [5.41, 5.74) is 0.965. The van der Waals surface area contributed by atoms with Gasteiger partial charge in [0.25, 0.3) is 0 Å². The first kappa shape index (κ1) is 15.0. The van der Waals surface area contributed by atoms with Crippen molar-refractivity contribution in [3.05, 3.63) is 36.3 Å². The van der Waals surface area contributed by atoms with Crippen LogP contribution in [0.5, 0.6) is 0 Å². The third-order valence-corrected chi connectivity index (χ3v) is 3.72. The minimum Gasteiger partial charge on any atom is -0.394 e. The van der Waals surface area contributed by atoms with Crippen LogP contribution >= 0.6 is 0 Å². The number of halogens is 1. The fourth-order valence-electron chi connectivity index (χ4n) is 2.56. The summed E-state index contributed by atoms with van der Waals surface area (Å²) in [5.74, 6) is -0.390. The molecule has 1 fully saturated rings. The van der Waals surface area contributed by atoms with E-state index in [1.54, 1.807) is 12.1 Å². The lowest BCUT2D eigenvalue weighted by molar-refractivity contribution is -0.166. The predicted octanol–water partition coefficient (Wildman–Crippen LogP) is -0.262. The Balaban J connectivity index is 1.89. The molecule has 0 aliphatic carbocycles. The van der Waals surface area contributed by atoms with Crippen LogP contribution in [0.15, 0.2) is 30.5 Å². The monoisotopic (exact) mass is 309 g/mol. The zero-order chi connectivity index (χ0) is 15.7. The molecule has 3 N–H and O–H groups in total. The largest absolute Gasteiger partial charge is 0.394 e. The number of benzene rings is 1. The van der Waals surface area contributed by atoms with Gasteiger partial charge >= 0.3 is 0 Å². The van der Waals surface area contributed by atoms with Crippen LogP contribution in [0.2, 0.25) is 0 Å². The second kappa shape index (κ2) is 6.09. The van der Waals surface area contributed by atoms with E-state index < -0.39 is 30.2 Å². The zero-order valence-corrected chi connectivity index (χ0v) is 11.6.